The highest BCUT2D eigenvalue weighted by Gasteiger charge is 2.28. The number of rotatable bonds is 12. The molecule has 0 saturated carbocycles. The fourth-order valence-corrected chi connectivity index (χ4v) is 5.36. The standard InChI is InChI=1S/C25H24N4O7S2/c1-35-20-6-2-16(3-7-20)17-4-8-21(9-5-17)38(33,34)29-22(24(31)32)14-19(30)15-37-25-28-27-23(36-25)18-10-12-26-13-11-18/h2-13,19,22,29-30H,14-15H2,1H3,(H,31,32). The Balaban J connectivity index is 1.36. The average Bonchev–Trinajstić information content (AvgIpc) is 3.41. The van der Waals surface area contributed by atoms with E-state index in [0.29, 0.717) is 11.3 Å². The molecular formula is C25H24N4O7S2. The number of methoxy groups -OCH3 is 1. The van der Waals surface area contributed by atoms with Crippen LogP contribution >= 0.6 is 11.8 Å². The normalized spacial score (nSPS) is 13.1. The highest BCUT2D eigenvalue weighted by Crippen LogP contribution is 2.25. The van der Waals surface area contributed by atoms with Gasteiger partial charge < -0.3 is 19.4 Å². The number of carboxylic acids is 1. The van der Waals surface area contributed by atoms with Crippen molar-refractivity contribution in [2.75, 3.05) is 12.9 Å². The highest BCUT2D eigenvalue weighted by molar-refractivity contribution is 7.99. The number of hydrogen-bond acceptors (Lipinski definition) is 10. The monoisotopic (exact) mass is 556 g/mol. The maximum atomic E-state index is 12.9. The van der Waals surface area contributed by atoms with Crippen LogP contribution in [0.1, 0.15) is 6.42 Å². The fourth-order valence-electron chi connectivity index (χ4n) is 3.45. The molecule has 2 aromatic carbocycles. The van der Waals surface area contributed by atoms with Crippen LogP contribution in [0.5, 0.6) is 5.75 Å². The van der Waals surface area contributed by atoms with Crippen molar-refractivity contribution in [3.05, 3.63) is 73.1 Å². The fraction of sp³-hybridized carbons (Fsp3) is 0.200. The van der Waals surface area contributed by atoms with E-state index in [2.05, 4.69) is 19.9 Å². The maximum Gasteiger partial charge on any atom is 0.321 e. The lowest BCUT2D eigenvalue weighted by Gasteiger charge is -2.18. The first-order chi connectivity index (χ1) is 18.2. The molecule has 0 amide bonds. The van der Waals surface area contributed by atoms with E-state index in [9.17, 15) is 23.4 Å². The Labute approximate surface area is 223 Å². The van der Waals surface area contributed by atoms with Gasteiger partial charge in [0.2, 0.25) is 15.9 Å². The summed E-state index contributed by atoms with van der Waals surface area (Å²) >= 11 is 1.03. The van der Waals surface area contributed by atoms with Crippen LogP contribution in [0.15, 0.2) is 87.6 Å². The summed E-state index contributed by atoms with van der Waals surface area (Å²) in [6, 6.07) is 15.2. The number of thioether (sulfide) groups is 1. The molecule has 2 atom stereocenters. The molecule has 0 spiro atoms. The third-order valence-electron chi connectivity index (χ3n) is 5.42. The molecule has 0 aliphatic carbocycles. The van der Waals surface area contributed by atoms with Crippen molar-refractivity contribution in [3.8, 4) is 28.3 Å². The number of aromatic nitrogens is 3. The number of pyridine rings is 1. The van der Waals surface area contributed by atoms with E-state index in [4.69, 9.17) is 9.15 Å². The number of ether oxygens (including phenoxy) is 1. The Kier molecular flexibility index (Phi) is 8.73. The predicted octanol–water partition coefficient (Wildman–Crippen LogP) is 3.08. The van der Waals surface area contributed by atoms with Crippen LogP contribution < -0.4 is 9.46 Å². The van der Waals surface area contributed by atoms with Crippen molar-refractivity contribution in [2.24, 2.45) is 0 Å². The summed E-state index contributed by atoms with van der Waals surface area (Å²) in [5.74, 6) is -0.423. The second-order valence-corrected chi connectivity index (χ2v) is 10.8. The molecule has 3 N–H and O–H groups in total. The Morgan fingerprint density at radius 1 is 1.00 bits per heavy atom. The van der Waals surface area contributed by atoms with Gasteiger partial charge in [-0.1, -0.05) is 36.0 Å². The van der Waals surface area contributed by atoms with E-state index in [1.165, 1.54) is 12.1 Å². The van der Waals surface area contributed by atoms with Gasteiger partial charge in [-0.15, -0.1) is 10.2 Å². The first kappa shape index (κ1) is 27.3. The summed E-state index contributed by atoms with van der Waals surface area (Å²) in [5.41, 5.74) is 2.32. The number of nitrogens with zero attached hydrogens (tertiary/aromatic N) is 3. The number of aliphatic hydroxyl groups is 1. The summed E-state index contributed by atoms with van der Waals surface area (Å²) in [4.78, 5) is 15.6. The molecule has 0 saturated heterocycles. The molecule has 38 heavy (non-hydrogen) atoms. The van der Waals surface area contributed by atoms with Gasteiger partial charge in [0.15, 0.2) is 0 Å². The quantitative estimate of drug-likeness (QED) is 0.220. The molecule has 0 bridgehead atoms. The lowest BCUT2D eigenvalue weighted by molar-refractivity contribution is -0.139. The lowest BCUT2D eigenvalue weighted by atomic mass is 10.1. The maximum absolute atomic E-state index is 12.9. The minimum atomic E-state index is -4.17. The zero-order valence-electron chi connectivity index (χ0n) is 20.1. The molecule has 4 rings (SSSR count). The molecule has 11 nitrogen and oxygen atoms in total. The van der Waals surface area contributed by atoms with Gasteiger partial charge in [0.1, 0.15) is 11.8 Å². The van der Waals surface area contributed by atoms with Gasteiger partial charge in [-0.2, -0.15) is 4.72 Å². The topological polar surface area (TPSA) is 165 Å². The molecular weight excluding hydrogens is 532 g/mol. The van der Waals surface area contributed by atoms with Gasteiger partial charge in [-0.05, 0) is 47.5 Å². The van der Waals surface area contributed by atoms with Gasteiger partial charge >= 0.3 is 5.97 Å². The Bertz CT molecular complexity index is 1460. The summed E-state index contributed by atoms with van der Waals surface area (Å²) in [7, 11) is -2.60. The number of aliphatic carboxylic acids is 1. The van der Waals surface area contributed by atoms with E-state index < -0.39 is 28.1 Å². The molecule has 0 aliphatic heterocycles. The van der Waals surface area contributed by atoms with Gasteiger partial charge in [-0.3, -0.25) is 9.78 Å². The Morgan fingerprint density at radius 3 is 2.24 bits per heavy atom. The summed E-state index contributed by atoms with van der Waals surface area (Å²) in [5, 5.41) is 28.0. The van der Waals surface area contributed by atoms with Crippen LogP contribution in [-0.4, -0.2) is 64.8 Å². The van der Waals surface area contributed by atoms with E-state index in [0.717, 1.165) is 22.9 Å². The number of aliphatic hydroxyl groups excluding tert-OH is 1. The second kappa shape index (κ2) is 12.2. The minimum absolute atomic E-state index is 0.0139. The molecule has 4 aromatic rings. The number of hydrogen-bond donors (Lipinski definition) is 3. The van der Waals surface area contributed by atoms with E-state index >= 15 is 0 Å². The third-order valence-corrected chi connectivity index (χ3v) is 7.88. The summed E-state index contributed by atoms with van der Waals surface area (Å²) in [6.45, 7) is 0. The van der Waals surface area contributed by atoms with E-state index in [1.807, 2.05) is 12.1 Å². The van der Waals surface area contributed by atoms with Crippen LogP contribution in [0, 0.1) is 0 Å². The smallest absolute Gasteiger partial charge is 0.321 e. The number of nitrogens with one attached hydrogen (secondary N) is 1. The summed E-state index contributed by atoms with van der Waals surface area (Å²) in [6.07, 6.45) is 1.63. The number of carbonyl (C=O) groups is 1. The highest BCUT2D eigenvalue weighted by atomic mass is 32.2. The molecule has 0 fully saturated rings. The largest absolute Gasteiger partial charge is 0.497 e. The average molecular weight is 557 g/mol. The Hall–Kier alpha value is -3.78. The van der Waals surface area contributed by atoms with Gasteiger partial charge in [-0.25, -0.2) is 8.42 Å². The predicted molar refractivity (Wildman–Crippen MR) is 139 cm³/mol. The molecule has 2 unspecified atom stereocenters. The first-order valence-corrected chi connectivity index (χ1v) is 13.8. The molecule has 13 heteroatoms. The molecule has 0 aliphatic rings. The third kappa shape index (κ3) is 6.95. The molecule has 0 radical (unpaired) electrons. The summed E-state index contributed by atoms with van der Waals surface area (Å²) < 4.78 is 38.6. The van der Waals surface area contributed by atoms with Gasteiger partial charge in [0, 0.05) is 30.1 Å². The number of sulfonamides is 1. The van der Waals surface area contributed by atoms with Crippen LogP contribution in [0.25, 0.3) is 22.6 Å². The van der Waals surface area contributed by atoms with Crippen molar-refractivity contribution in [2.45, 2.75) is 28.7 Å². The molecule has 2 aromatic heterocycles. The number of carboxylic acid groups (broad SMARTS) is 1. The van der Waals surface area contributed by atoms with Crippen LogP contribution in [0.3, 0.4) is 0 Å². The second-order valence-electron chi connectivity index (χ2n) is 8.07. The first-order valence-electron chi connectivity index (χ1n) is 11.3. The van der Waals surface area contributed by atoms with Crippen molar-refractivity contribution < 1.29 is 32.6 Å². The minimum Gasteiger partial charge on any atom is -0.497 e. The van der Waals surface area contributed by atoms with Crippen LogP contribution in [0.2, 0.25) is 0 Å². The molecule has 198 valence electrons. The van der Waals surface area contributed by atoms with Gasteiger partial charge in [0.25, 0.3) is 5.22 Å². The van der Waals surface area contributed by atoms with E-state index in [1.54, 1.807) is 55.9 Å². The van der Waals surface area contributed by atoms with Crippen molar-refractivity contribution in [3.63, 3.8) is 0 Å². The number of benzene rings is 2. The van der Waals surface area contributed by atoms with Crippen molar-refractivity contribution >= 4 is 27.8 Å². The Morgan fingerprint density at radius 2 is 1.63 bits per heavy atom. The van der Waals surface area contributed by atoms with Crippen LogP contribution in [-0.2, 0) is 14.8 Å². The van der Waals surface area contributed by atoms with Gasteiger partial charge in [0.05, 0.1) is 18.1 Å². The zero-order chi connectivity index (χ0) is 27.1. The van der Waals surface area contributed by atoms with Crippen molar-refractivity contribution in [1.29, 1.82) is 0 Å². The zero-order valence-corrected chi connectivity index (χ0v) is 21.7. The van der Waals surface area contributed by atoms with E-state index in [-0.39, 0.29) is 28.2 Å². The lowest BCUT2D eigenvalue weighted by Crippen LogP contribution is -2.43. The SMILES string of the molecule is COc1ccc(-c2ccc(S(=O)(=O)NC(CC(O)CSc3nnc(-c4ccncc4)o3)C(=O)O)cc2)cc1. The van der Waals surface area contributed by atoms with Crippen LogP contribution in [0.4, 0.5) is 0 Å². The molecule has 2 heterocycles. The van der Waals surface area contributed by atoms with Crippen molar-refractivity contribution in [1.82, 2.24) is 19.9 Å².